The quantitative estimate of drug-likeness (QED) is 0.642. The van der Waals surface area contributed by atoms with Crippen LogP contribution in [0.4, 0.5) is 0 Å². The number of benzene rings is 1. The third-order valence-corrected chi connectivity index (χ3v) is 3.10. The van der Waals surface area contributed by atoms with Crippen molar-refractivity contribution in [3.8, 4) is 5.75 Å². The van der Waals surface area contributed by atoms with Crippen LogP contribution in [0.5, 0.6) is 5.75 Å². The smallest absolute Gasteiger partial charge is 0.308 e. The van der Waals surface area contributed by atoms with E-state index in [2.05, 4.69) is 5.10 Å². The highest BCUT2D eigenvalue weighted by atomic mass is 16.5. The predicted octanol–water partition coefficient (Wildman–Crippen LogP) is 2.44. The average Bonchev–Trinajstić information content (AvgIpc) is 3.16. The van der Waals surface area contributed by atoms with E-state index in [1.807, 2.05) is 0 Å². The third-order valence-electron chi connectivity index (χ3n) is 3.10. The number of rotatable bonds is 3. The largest absolute Gasteiger partial charge is 0.459 e. The Kier molecular flexibility index (Phi) is 3.84. The summed E-state index contributed by atoms with van der Waals surface area (Å²) in [5.41, 5.74) is 0.629. The Morgan fingerprint density at radius 3 is 2.70 bits per heavy atom. The maximum atomic E-state index is 11.8. The summed E-state index contributed by atoms with van der Waals surface area (Å²) in [6, 6.07) is 10.1. The monoisotopic (exact) mass is 314 g/mol. The van der Waals surface area contributed by atoms with Crippen LogP contribution in [0.15, 0.2) is 52.2 Å². The van der Waals surface area contributed by atoms with E-state index in [9.17, 15) is 9.59 Å². The van der Waals surface area contributed by atoms with Gasteiger partial charge < -0.3 is 13.9 Å². The molecule has 0 spiro atoms. The Morgan fingerprint density at radius 1 is 1.22 bits per heavy atom. The summed E-state index contributed by atoms with van der Waals surface area (Å²) in [7, 11) is 0. The highest BCUT2D eigenvalue weighted by Gasteiger charge is 2.34. The van der Waals surface area contributed by atoms with Gasteiger partial charge in [-0.1, -0.05) is 12.1 Å². The first kappa shape index (κ1) is 14.8. The second-order valence-electron chi connectivity index (χ2n) is 4.88. The summed E-state index contributed by atoms with van der Waals surface area (Å²) in [4.78, 5) is 22.9. The van der Waals surface area contributed by atoms with Crippen LogP contribution < -0.4 is 4.74 Å². The van der Waals surface area contributed by atoms with Crippen molar-refractivity contribution in [3.05, 3.63) is 54.0 Å². The highest BCUT2D eigenvalue weighted by molar-refractivity contribution is 5.93. The van der Waals surface area contributed by atoms with Crippen LogP contribution in [0.1, 0.15) is 31.4 Å². The van der Waals surface area contributed by atoms with Crippen LogP contribution in [0.2, 0.25) is 0 Å². The molecular weight excluding hydrogens is 300 g/mol. The Labute approximate surface area is 132 Å². The molecule has 118 valence electrons. The Morgan fingerprint density at radius 2 is 2.04 bits per heavy atom. The van der Waals surface area contributed by atoms with Crippen molar-refractivity contribution in [2.24, 2.45) is 5.10 Å². The Balaban J connectivity index is 1.90. The lowest BCUT2D eigenvalue weighted by molar-refractivity contribution is -0.135. The van der Waals surface area contributed by atoms with Gasteiger partial charge in [-0.05, 0) is 24.3 Å². The number of hydrogen-bond donors (Lipinski definition) is 0. The average molecular weight is 314 g/mol. The van der Waals surface area contributed by atoms with Crippen molar-refractivity contribution < 1.29 is 23.5 Å². The minimum atomic E-state index is -0.747. The topological polar surface area (TPSA) is 81.3 Å². The van der Waals surface area contributed by atoms with Gasteiger partial charge >= 0.3 is 5.97 Å². The van der Waals surface area contributed by atoms with E-state index in [1.54, 1.807) is 36.4 Å². The number of hydrogen-bond acceptors (Lipinski definition) is 6. The van der Waals surface area contributed by atoms with E-state index >= 15 is 0 Å². The van der Waals surface area contributed by atoms with E-state index < -0.39 is 12.2 Å². The first-order chi connectivity index (χ1) is 11.0. The van der Waals surface area contributed by atoms with Gasteiger partial charge in [-0.15, -0.1) is 5.10 Å². The van der Waals surface area contributed by atoms with Crippen LogP contribution in [0.25, 0.3) is 0 Å². The fraction of sp³-hybridized carbons (Fsp3) is 0.188. The van der Waals surface area contributed by atoms with E-state index in [4.69, 9.17) is 13.9 Å². The molecule has 0 bridgehead atoms. The van der Waals surface area contributed by atoms with Crippen LogP contribution in [-0.4, -0.2) is 22.8 Å². The van der Waals surface area contributed by atoms with Crippen LogP contribution >= 0.6 is 0 Å². The number of esters is 1. The summed E-state index contributed by atoms with van der Waals surface area (Å²) < 4.78 is 16.0. The van der Waals surface area contributed by atoms with Crippen molar-refractivity contribution in [1.29, 1.82) is 0 Å². The standard InChI is InChI=1S/C16H14N2O5/c1-10(19)18-16(23-15(17-18)14-7-4-8-21-14)12-5-3-6-13(9-12)22-11(2)20/h3-9,16H,1-2H3/t16-/m0/s1. The molecule has 1 aliphatic rings. The van der Waals surface area contributed by atoms with E-state index in [0.717, 1.165) is 0 Å². The molecule has 2 aromatic rings. The van der Waals surface area contributed by atoms with E-state index in [1.165, 1.54) is 25.1 Å². The predicted molar refractivity (Wildman–Crippen MR) is 79.3 cm³/mol. The molecule has 1 aromatic carbocycles. The number of hydrazone groups is 1. The molecule has 0 saturated carbocycles. The van der Waals surface area contributed by atoms with E-state index in [-0.39, 0.29) is 11.8 Å². The summed E-state index contributed by atoms with van der Waals surface area (Å²) in [6.45, 7) is 2.71. The van der Waals surface area contributed by atoms with Crippen molar-refractivity contribution in [1.82, 2.24) is 5.01 Å². The van der Waals surface area contributed by atoms with Gasteiger partial charge in [0.25, 0.3) is 5.90 Å². The van der Waals surface area contributed by atoms with E-state index in [0.29, 0.717) is 17.1 Å². The van der Waals surface area contributed by atoms with Gasteiger partial charge in [0.05, 0.1) is 6.26 Å². The van der Waals surface area contributed by atoms with Crippen molar-refractivity contribution in [3.63, 3.8) is 0 Å². The zero-order valence-electron chi connectivity index (χ0n) is 12.6. The minimum Gasteiger partial charge on any atom is -0.459 e. The van der Waals surface area contributed by atoms with Crippen LogP contribution in [0.3, 0.4) is 0 Å². The normalized spacial score (nSPS) is 16.7. The van der Waals surface area contributed by atoms with Crippen LogP contribution in [-0.2, 0) is 14.3 Å². The number of amides is 1. The molecule has 0 unspecified atom stereocenters. The molecule has 1 aromatic heterocycles. The maximum Gasteiger partial charge on any atom is 0.308 e. The van der Waals surface area contributed by atoms with Gasteiger partial charge in [0.2, 0.25) is 12.1 Å². The molecule has 2 heterocycles. The number of ether oxygens (including phenoxy) is 2. The lowest BCUT2D eigenvalue weighted by atomic mass is 10.2. The fourth-order valence-electron chi connectivity index (χ4n) is 2.18. The number of nitrogens with zero attached hydrogens (tertiary/aromatic N) is 2. The molecule has 3 rings (SSSR count). The second-order valence-corrected chi connectivity index (χ2v) is 4.88. The molecule has 0 saturated heterocycles. The molecule has 23 heavy (non-hydrogen) atoms. The van der Waals surface area contributed by atoms with Gasteiger partial charge in [0.15, 0.2) is 5.76 Å². The third kappa shape index (κ3) is 3.08. The maximum absolute atomic E-state index is 11.8. The fourth-order valence-corrected chi connectivity index (χ4v) is 2.18. The van der Waals surface area contributed by atoms with Crippen LogP contribution in [0, 0.1) is 0 Å². The number of carbonyl (C=O) groups is 2. The molecule has 0 fully saturated rings. The van der Waals surface area contributed by atoms with Gasteiger partial charge in [-0.25, -0.2) is 0 Å². The van der Waals surface area contributed by atoms with Gasteiger partial charge in [-0.2, -0.15) is 5.01 Å². The zero-order valence-corrected chi connectivity index (χ0v) is 12.6. The lowest BCUT2D eigenvalue weighted by Crippen LogP contribution is -2.25. The molecule has 1 amide bonds. The summed E-state index contributed by atoms with van der Waals surface area (Å²) >= 11 is 0. The summed E-state index contributed by atoms with van der Waals surface area (Å²) in [5.74, 6) is 0.302. The molecule has 7 nitrogen and oxygen atoms in total. The Bertz CT molecular complexity index is 767. The number of carbonyl (C=O) groups excluding carboxylic acids is 2. The van der Waals surface area contributed by atoms with Gasteiger partial charge in [0.1, 0.15) is 5.75 Å². The molecule has 7 heteroatoms. The van der Waals surface area contributed by atoms with Crippen molar-refractivity contribution in [2.75, 3.05) is 0 Å². The Hall–Kier alpha value is -3.09. The molecule has 0 aliphatic carbocycles. The zero-order chi connectivity index (χ0) is 16.4. The number of furan rings is 1. The SMILES string of the molecule is CC(=O)Oc1cccc([C@@H]2OC(c3ccco3)=NN2C(C)=O)c1. The molecule has 1 aliphatic heterocycles. The molecule has 0 radical (unpaired) electrons. The van der Waals surface area contributed by atoms with Gasteiger partial charge in [-0.3, -0.25) is 9.59 Å². The summed E-state index contributed by atoms with van der Waals surface area (Å²) in [6.07, 6.45) is 0.747. The molecule has 0 N–H and O–H groups in total. The molecule has 1 atom stereocenters. The first-order valence-electron chi connectivity index (χ1n) is 6.92. The highest BCUT2D eigenvalue weighted by Crippen LogP contribution is 2.32. The van der Waals surface area contributed by atoms with Crippen molar-refractivity contribution in [2.45, 2.75) is 20.1 Å². The van der Waals surface area contributed by atoms with Gasteiger partial charge in [0, 0.05) is 19.4 Å². The summed E-state index contributed by atoms with van der Waals surface area (Å²) in [5, 5.41) is 5.37. The minimum absolute atomic E-state index is 0.216. The first-order valence-corrected chi connectivity index (χ1v) is 6.92. The second kappa shape index (κ2) is 5.96. The lowest BCUT2D eigenvalue weighted by Gasteiger charge is -2.19. The van der Waals surface area contributed by atoms with Crippen molar-refractivity contribution >= 4 is 17.8 Å². The molecular formula is C16H14N2O5.